The summed E-state index contributed by atoms with van der Waals surface area (Å²) in [6.07, 6.45) is 2.53. The number of aromatic amines is 1. The molecule has 2 aromatic rings. The van der Waals surface area contributed by atoms with Crippen LogP contribution in [-0.4, -0.2) is 39.2 Å². The minimum Gasteiger partial charge on any atom is -0.429 e. The molecule has 2 heterocycles. The molecular formula is C12H11N5O2. The lowest BCUT2D eigenvalue weighted by Crippen LogP contribution is -2.47. The molecular weight excluding hydrogens is 246 g/mol. The Morgan fingerprint density at radius 2 is 2.16 bits per heavy atom. The van der Waals surface area contributed by atoms with Gasteiger partial charge in [0, 0.05) is 12.2 Å². The van der Waals surface area contributed by atoms with E-state index in [-0.39, 0.29) is 11.8 Å². The van der Waals surface area contributed by atoms with Crippen molar-refractivity contribution in [3.63, 3.8) is 0 Å². The number of ketones is 1. The summed E-state index contributed by atoms with van der Waals surface area (Å²) in [6.45, 7) is 0.582. The molecule has 0 saturated heterocycles. The largest absolute Gasteiger partial charge is 0.429 e. The van der Waals surface area contributed by atoms with Crippen molar-refractivity contribution in [3.05, 3.63) is 42.5 Å². The number of rotatable bonds is 3. The Hall–Kier alpha value is -2.70. The summed E-state index contributed by atoms with van der Waals surface area (Å²) in [4.78, 5) is 13.8. The lowest BCUT2D eigenvalue weighted by Gasteiger charge is -2.32. The molecule has 0 aliphatic carbocycles. The smallest absolute Gasteiger partial charge is 0.358 e. The maximum Gasteiger partial charge on any atom is 0.358 e. The van der Waals surface area contributed by atoms with Crippen LogP contribution in [0, 0.1) is 0 Å². The van der Waals surface area contributed by atoms with E-state index in [1.54, 1.807) is 6.08 Å². The van der Waals surface area contributed by atoms with Crippen molar-refractivity contribution in [2.45, 2.75) is 6.23 Å². The number of hydrogen-bond acceptors (Lipinski definition) is 6. The number of nitrogens with one attached hydrogen (secondary N) is 1. The second-order valence-corrected chi connectivity index (χ2v) is 3.96. The summed E-state index contributed by atoms with van der Waals surface area (Å²) < 4.78 is 5.48. The Morgan fingerprint density at radius 1 is 1.32 bits per heavy atom. The zero-order valence-corrected chi connectivity index (χ0v) is 9.93. The average molecular weight is 257 g/mol. The van der Waals surface area contributed by atoms with Crippen molar-refractivity contribution < 1.29 is 9.53 Å². The van der Waals surface area contributed by atoms with Crippen LogP contribution in [0.2, 0.25) is 0 Å². The van der Waals surface area contributed by atoms with E-state index in [1.807, 2.05) is 35.2 Å². The summed E-state index contributed by atoms with van der Waals surface area (Å²) in [5.41, 5.74) is 0.897. The third kappa shape index (κ3) is 2.30. The summed E-state index contributed by atoms with van der Waals surface area (Å²) in [5, 5.41) is 13.1. The van der Waals surface area contributed by atoms with E-state index in [1.165, 1.54) is 6.08 Å². The maximum atomic E-state index is 12.0. The van der Waals surface area contributed by atoms with Gasteiger partial charge < -0.3 is 9.64 Å². The number of carbonyl (C=O) groups is 1. The topological polar surface area (TPSA) is 84.0 Å². The van der Waals surface area contributed by atoms with Gasteiger partial charge in [0.15, 0.2) is 0 Å². The lowest BCUT2D eigenvalue weighted by atomic mass is 10.1. The Labute approximate surface area is 108 Å². The number of carbonyl (C=O) groups excluding carboxylic acids is 1. The Balaban J connectivity index is 1.89. The Kier molecular flexibility index (Phi) is 2.93. The van der Waals surface area contributed by atoms with Gasteiger partial charge in [-0.3, -0.25) is 4.79 Å². The fourth-order valence-corrected chi connectivity index (χ4v) is 1.90. The number of anilines is 1. The van der Waals surface area contributed by atoms with Crippen LogP contribution in [0.5, 0.6) is 6.01 Å². The number of H-pyrrole nitrogens is 1. The van der Waals surface area contributed by atoms with Crippen LogP contribution in [0.3, 0.4) is 0 Å². The zero-order chi connectivity index (χ0) is 13.1. The van der Waals surface area contributed by atoms with Gasteiger partial charge in [-0.25, -0.2) is 0 Å². The molecule has 96 valence electrons. The highest BCUT2D eigenvalue weighted by atomic mass is 16.5. The molecule has 7 nitrogen and oxygen atoms in total. The molecule has 1 unspecified atom stereocenters. The van der Waals surface area contributed by atoms with Crippen molar-refractivity contribution in [1.29, 1.82) is 0 Å². The van der Waals surface area contributed by atoms with Crippen LogP contribution in [0.25, 0.3) is 0 Å². The van der Waals surface area contributed by atoms with Crippen molar-refractivity contribution in [3.8, 4) is 6.01 Å². The van der Waals surface area contributed by atoms with E-state index in [0.717, 1.165) is 5.69 Å². The number of ether oxygens (including phenoxy) is 1. The SMILES string of the molecule is O=C1C=CCN(c2ccccc2)C1Oc1nn[nH]n1. The quantitative estimate of drug-likeness (QED) is 0.864. The van der Waals surface area contributed by atoms with Crippen LogP contribution >= 0.6 is 0 Å². The molecule has 0 radical (unpaired) electrons. The average Bonchev–Trinajstić information content (AvgIpc) is 2.95. The number of benzene rings is 1. The van der Waals surface area contributed by atoms with Crippen LogP contribution in [0.4, 0.5) is 5.69 Å². The molecule has 1 aromatic heterocycles. The minimum absolute atomic E-state index is 0.0505. The molecule has 0 amide bonds. The van der Waals surface area contributed by atoms with Gasteiger partial charge in [-0.1, -0.05) is 34.5 Å². The summed E-state index contributed by atoms with van der Waals surface area (Å²) >= 11 is 0. The number of nitrogens with zero attached hydrogens (tertiary/aromatic N) is 4. The first kappa shape index (κ1) is 11.4. The molecule has 19 heavy (non-hydrogen) atoms. The first-order valence-electron chi connectivity index (χ1n) is 5.77. The predicted octanol–water partition coefficient (Wildman–Crippen LogP) is 0.550. The monoisotopic (exact) mass is 257 g/mol. The molecule has 0 saturated carbocycles. The van der Waals surface area contributed by atoms with Gasteiger partial charge in [-0.15, -0.1) is 0 Å². The summed E-state index contributed by atoms with van der Waals surface area (Å²) in [6, 6.07) is 9.61. The van der Waals surface area contributed by atoms with E-state index < -0.39 is 6.23 Å². The highest BCUT2D eigenvalue weighted by molar-refractivity contribution is 5.97. The van der Waals surface area contributed by atoms with Gasteiger partial charge in [0.25, 0.3) is 0 Å². The second kappa shape index (κ2) is 4.89. The van der Waals surface area contributed by atoms with Crippen molar-refractivity contribution in [2.24, 2.45) is 0 Å². The highest BCUT2D eigenvalue weighted by Gasteiger charge is 2.29. The van der Waals surface area contributed by atoms with Gasteiger partial charge in [0.2, 0.25) is 12.0 Å². The first-order valence-corrected chi connectivity index (χ1v) is 5.77. The second-order valence-electron chi connectivity index (χ2n) is 3.96. The van der Waals surface area contributed by atoms with Gasteiger partial charge in [0.05, 0.1) is 0 Å². The van der Waals surface area contributed by atoms with E-state index in [2.05, 4.69) is 20.6 Å². The number of aromatic nitrogens is 4. The molecule has 0 fully saturated rings. The van der Waals surface area contributed by atoms with Crippen molar-refractivity contribution >= 4 is 11.5 Å². The van der Waals surface area contributed by atoms with E-state index in [0.29, 0.717) is 6.54 Å². The molecule has 7 heteroatoms. The molecule has 1 N–H and O–H groups in total. The van der Waals surface area contributed by atoms with Crippen LogP contribution in [0.1, 0.15) is 0 Å². The number of tetrazole rings is 1. The van der Waals surface area contributed by atoms with E-state index in [9.17, 15) is 4.79 Å². The number of hydrogen-bond donors (Lipinski definition) is 1. The minimum atomic E-state index is -0.773. The maximum absolute atomic E-state index is 12.0. The first-order chi connectivity index (χ1) is 9.34. The zero-order valence-electron chi connectivity index (χ0n) is 9.93. The highest BCUT2D eigenvalue weighted by Crippen LogP contribution is 2.20. The number of para-hydroxylation sites is 1. The molecule has 3 rings (SSSR count). The standard InChI is InChI=1S/C12H11N5O2/c18-10-7-4-8-17(9-5-2-1-3-6-9)11(10)19-12-13-15-16-14-12/h1-7,11H,8H2,(H,13,14,15,16). The third-order valence-corrected chi connectivity index (χ3v) is 2.74. The fourth-order valence-electron chi connectivity index (χ4n) is 1.90. The summed E-state index contributed by atoms with van der Waals surface area (Å²) in [7, 11) is 0. The van der Waals surface area contributed by atoms with Crippen LogP contribution in [0.15, 0.2) is 42.5 Å². The molecule has 1 atom stereocenters. The Morgan fingerprint density at radius 3 is 2.89 bits per heavy atom. The van der Waals surface area contributed by atoms with E-state index >= 15 is 0 Å². The van der Waals surface area contributed by atoms with Gasteiger partial charge in [0.1, 0.15) is 0 Å². The summed E-state index contributed by atoms with van der Waals surface area (Å²) in [5.74, 6) is -0.153. The van der Waals surface area contributed by atoms with Crippen LogP contribution < -0.4 is 9.64 Å². The van der Waals surface area contributed by atoms with Crippen molar-refractivity contribution in [1.82, 2.24) is 20.6 Å². The lowest BCUT2D eigenvalue weighted by molar-refractivity contribution is -0.121. The van der Waals surface area contributed by atoms with Crippen LogP contribution in [-0.2, 0) is 4.79 Å². The van der Waals surface area contributed by atoms with Gasteiger partial charge in [-0.2, -0.15) is 5.21 Å². The molecule has 1 aliphatic heterocycles. The predicted molar refractivity (Wildman–Crippen MR) is 66.5 cm³/mol. The Bertz CT molecular complexity index is 581. The normalized spacial score (nSPS) is 18.6. The molecule has 0 bridgehead atoms. The van der Waals surface area contributed by atoms with Crippen molar-refractivity contribution in [2.75, 3.05) is 11.4 Å². The van der Waals surface area contributed by atoms with E-state index in [4.69, 9.17) is 4.74 Å². The molecule has 1 aromatic carbocycles. The molecule has 1 aliphatic rings. The third-order valence-electron chi connectivity index (χ3n) is 2.74. The van der Waals surface area contributed by atoms with Gasteiger partial charge in [-0.05, 0) is 23.4 Å². The molecule has 0 spiro atoms. The fraction of sp³-hybridized carbons (Fsp3) is 0.167. The van der Waals surface area contributed by atoms with Gasteiger partial charge >= 0.3 is 6.01 Å².